The largest absolute Gasteiger partial charge is 0.481 e. The highest BCUT2D eigenvalue weighted by molar-refractivity contribution is 6.00. The van der Waals surface area contributed by atoms with Crippen molar-refractivity contribution in [3.05, 3.63) is 58.8 Å². The Kier molecular flexibility index (Phi) is 3.71. The van der Waals surface area contributed by atoms with E-state index >= 15 is 0 Å². The maximum Gasteiger partial charge on any atom is 0.310 e. The minimum absolute atomic E-state index is 0.0487. The van der Waals surface area contributed by atoms with E-state index in [2.05, 4.69) is 5.32 Å². The van der Waals surface area contributed by atoms with Gasteiger partial charge in [-0.15, -0.1) is 0 Å². The Hall–Kier alpha value is -2.96. The number of carboxylic acids is 1. The number of nitrogens with zero attached hydrogens (tertiary/aromatic N) is 1. The van der Waals surface area contributed by atoms with Gasteiger partial charge in [0.05, 0.1) is 22.7 Å². The summed E-state index contributed by atoms with van der Waals surface area (Å²) in [6.45, 7) is 1.49. The highest BCUT2D eigenvalue weighted by atomic mass is 19.1. The zero-order valence-corrected chi connectivity index (χ0v) is 12.8. The Morgan fingerprint density at radius 3 is 2.67 bits per heavy atom. The maximum absolute atomic E-state index is 14.2. The van der Waals surface area contributed by atoms with E-state index in [0.717, 1.165) is 6.07 Å². The van der Waals surface area contributed by atoms with Gasteiger partial charge in [0.1, 0.15) is 5.82 Å². The number of halogens is 1. The van der Waals surface area contributed by atoms with Gasteiger partial charge in [-0.1, -0.05) is 6.07 Å². The number of hydrogen-bond donors (Lipinski definition) is 2. The summed E-state index contributed by atoms with van der Waals surface area (Å²) in [6, 6.07) is 8.58. The number of pyridine rings is 1. The second-order valence-electron chi connectivity index (χ2n) is 6.04. The molecule has 1 aliphatic carbocycles. The summed E-state index contributed by atoms with van der Waals surface area (Å²) in [5.41, 5.74) is -1.10. The van der Waals surface area contributed by atoms with E-state index in [1.807, 2.05) is 0 Å². The van der Waals surface area contributed by atoms with Crippen LogP contribution < -0.4 is 10.9 Å². The average Bonchev–Trinajstić information content (AvgIpc) is 3.24. The third kappa shape index (κ3) is 2.68. The molecule has 24 heavy (non-hydrogen) atoms. The summed E-state index contributed by atoms with van der Waals surface area (Å²) in [5, 5.41) is 11.5. The molecule has 0 aliphatic heterocycles. The predicted molar refractivity (Wildman–Crippen MR) is 84.5 cm³/mol. The second kappa shape index (κ2) is 5.59. The number of rotatable bonds is 4. The first-order valence-corrected chi connectivity index (χ1v) is 7.35. The van der Waals surface area contributed by atoms with Gasteiger partial charge < -0.3 is 10.4 Å². The molecule has 1 fully saturated rings. The molecule has 1 aromatic heterocycles. The molecule has 1 saturated carbocycles. The summed E-state index contributed by atoms with van der Waals surface area (Å²) in [5.74, 6) is -2.94. The summed E-state index contributed by atoms with van der Waals surface area (Å²) in [6.07, 6.45) is 1.74. The highest BCUT2D eigenvalue weighted by Gasteiger charge is 2.60. The van der Waals surface area contributed by atoms with Gasteiger partial charge in [-0.05, 0) is 31.5 Å². The molecule has 124 valence electrons. The molecule has 0 radical (unpaired) electrons. The van der Waals surface area contributed by atoms with Crippen molar-refractivity contribution in [2.75, 3.05) is 5.32 Å². The van der Waals surface area contributed by atoms with Crippen LogP contribution in [-0.2, 0) is 9.59 Å². The minimum atomic E-state index is -1.09. The van der Waals surface area contributed by atoms with Crippen LogP contribution in [0, 0.1) is 17.2 Å². The van der Waals surface area contributed by atoms with Crippen molar-refractivity contribution in [3.63, 3.8) is 0 Å². The fourth-order valence-electron chi connectivity index (χ4n) is 2.60. The minimum Gasteiger partial charge on any atom is -0.481 e. The van der Waals surface area contributed by atoms with Crippen LogP contribution in [0.1, 0.15) is 13.3 Å². The number of carbonyl (C=O) groups is 2. The number of nitrogens with one attached hydrogen (secondary N) is 1. The maximum atomic E-state index is 14.2. The monoisotopic (exact) mass is 330 g/mol. The Balaban J connectivity index is 1.79. The van der Waals surface area contributed by atoms with E-state index in [1.165, 1.54) is 35.9 Å². The lowest BCUT2D eigenvalue weighted by Crippen LogP contribution is -2.22. The molecule has 3 rings (SSSR count). The standard InChI is InChI=1S/C17H15FN2O4/c1-17(16(23)24)9-11(17)15(22)19-13-6-5-10(8-12(13)18)20-7-3-2-4-14(20)21/h2-8,11H,9H2,1H3,(H,19,22)(H,23,24)/t11-,17+/m1/s1. The van der Waals surface area contributed by atoms with Crippen molar-refractivity contribution in [2.24, 2.45) is 11.3 Å². The lowest BCUT2D eigenvalue weighted by atomic mass is 10.1. The van der Waals surface area contributed by atoms with Crippen LogP contribution in [0.5, 0.6) is 0 Å². The van der Waals surface area contributed by atoms with E-state index in [4.69, 9.17) is 5.11 Å². The number of hydrogen-bond acceptors (Lipinski definition) is 3. The quantitative estimate of drug-likeness (QED) is 0.898. The summed E-state index contributed by atoms with van der Waals surface area (Å²) in [4.78, 5) is 34.9. The van der Waals surface area contributed by atoms with E-state index in [0.29, 0.717) is 5.69 Å². The first kappa shape index (κ1) is 15.9. The summed E-state index contributed by atoms with van der Waals surface area (Å²) >= 11 is 0. The molecular weight excluding hydrogens is 315 g/mol. The number of benzene rings is 1. The van der Waals surface area contributed by atoms with Crippen LogP contribution in [0.4, 0.5) is 10.1 Å². The van der Waals surface area contributed by atoms with Crippen LogP contribution in [-0.4, -0.2) is 21.6 Å². The first-order chi connectivity index (χ1) is 11.3. The van der Waals surface area contributed by atoms with Gasteiger partial charge in [-0.25, -0.2) is 4.39 Å². The first-order valence-electron chi connectivity index (χ1n) is 7.35. The van der Waals surface area contributed by atoms with E-state index < -0.39 is 29.0 Å². The summed E-state index contributed by atoms with van der Waals surface area (Å²) < 4.78 is 15.5. The molecule has 0 spiro atoms. The topological polar surface area (TPSA) is 88.4 Å². The Bertz CT molecular complexity index is 892. The number of aliphatic carboxylic acids is 1. The third-order valence-electron chi connectivity index (χ3n) is 4.35. The van der Waals surface area contributed by atoms with Crippen LogP contribution in [0.2, 0.25) is 0 Å². The molecule has 1 aromatic carbocycles. The van der Waals surface area contributed by atoms with Crippen LogP contribution in [0.3, 0.4) is 0 Å². The van der Waals surface area contributed by atoms with Crippen LogP contribution in [0.25, 0.3) is 5.69 Å². The predicted octanol–water partition coefficient (Wildman–Crippen LogP) is 2.03. The van der Waals surface area contributed by atoms with Crippen molar-refractivity contribution >= 4 is 17.6 Å². The van der Waals surface area contributed by atoms with Gasteiger partial charge in [0.15, 0.2) is 0 Å². The Labute approximate surface area is 136 Å². The van der Waals surface area contributed by atoms with Crippen molar-refractivity contribution in [1.29, 1.82) is 0 Å². The van der Waals surface area contributed by atoms with Crippen molar-refractivity contribution in [1.82, 2.24) is 4.57 Å². The summed E-state index contributed by atoms with van der Waals surface area (Å²) in [7, 11) is 0. The molecule has 0 saturated heterocycles. The fraction of sp³-hybridized carbons (Fsp3) is 0.235. The molecule has 6 nitrogen and oxygen atoms in total. The lowest BCUT2D eigenvalue weighted by Gasteiger charge is -2.10. The van der Waals surface area contributed by atoms with Gasteiger partial charge in [-0.2, -0.15) is 0 Å². The molecule has 2 atom stereocenters. The van der Waals surface area contributed by atoms with Gasteiger partial charge in [0.25, 0.3) is 5.56 Å². The number of amides is 1. The fourth-order valence-corrected chi connectivity index (χ4v) is 2.60. The van der Waals surface area contributed by atoms with Crippen molar-refractivity contribution in [2.45, 2.75) is 13.3 Å². The van der Waals surface area contributed by atoms with Gasteiger partial charge >= 0.3 is 5.97 Å². The van der Waals surface area contributed by atoms with E-state index in [9.17, 15) is 18.8 Å². The molecule has 7 heteroatoms. The molecule has 0 bridgehead atoms. The van der Waals surface area contributed by atoms with Gasteiger partial charge in [0.2, 0.25) is 5.91 Å². The van der Waals surface area contributed by atoms with Gasteiger partial charge in [0, 0.05) is 18.3 Å². The molecule has 1 aliphatic rings. The molecule has 2 aromatic rings. The lowest BCUT2D eigenvalue weighted by molar-refractivity contribution is -0.144. The van der Waals surface area contributed by atoms with Crippen LogP contribution in [0.15, 0.2) is 47.4 Å². The third-order valence-corrected chi connectivity index (χ3v) is 4.35. The zero-order valence-electron chi connectivity index (χ0n) is 12.8. The number of aromatic nitrogens is 1. The smallest absolute Gasteiger partial charge is 0.310 e. The normalized spacial score (nSPS) is 22.0. The van der Waals surface area contributed by atoms with Crippen molar-refractivity contribution in [3.8, 4) is 5.69 Å². The Morgan fingerprint density at radius 1 is 1.33 bits per heavy atom. The van der Waals surface area contributed by atoms with E-state index in [-0.39, 0.29) is 17.7 Å². The molecule has 2 N–H and O–H groups in total. The van der Waals surface area contributed by atoms with Crippen molar-refractivity contribution < 1.29 is 19.1 Å². The number of carbonyl (C=O) groups excluding carboxylic acids is 1. The van der Waals surface area contributed by atoms with E-state index in [1.54, 1.807) is 12.1 Å². The Morgan fingerprint density at radius 2 is 2.08 bits per heavy atom. The zero-order chi connectivity index (χ0) is 17.5. The molecule has 0 unspecified atom stereocenters. The number of carboxylic acid groups (broad SMARTS) is 1. The number of anilines is 1. The van der Waals surface area contributed by atoms with Crippen LogP contribution >= 0.6 is 0 Å². The molecule has 1 heterocycles. The SMILES string of the molecule is C[C@]1(C(=O)O)C[C@@H]1C(=O)Nc1ccc(-n2ccccc2=O)cc1F. The average molecular weight is 330 g/mol. The van der Waals surface area contributed by atoms with Gasteiger partial charge in [-0.3, -0.25) is 19.0 Å². The molecule has 1 amide bonds. The highest BCUT2D eigenvalue weighted by Crippen LogP contribution is 2.52. The second-order valence-corrected chi connectivity index (χ2v) is 6.04. The molecular formula is C17H15FN2O4.